The molecule has 1 fully saturated rings. The molecule has 0 radical (unpaired) electrons. The molecular formula is C17H18Cl2N2O2S2. The molecule has 25 heavy (non-hydrogen) atoms. The van der Waals surface area contributed by atoms with Crippen LogP contribution < -0.4 is 0 Å². The number of hydrogen-bond donors (Lipinski definition) is 0. The number of piperidine rings is 1. The molecule has 2 aromatic rings. The molecule has 0 spiro atoms. The average molecular weight is 417 g/mol. The van der Waals surface area contributed by atoms with Crippen molar-refractivity contribution >= 4 is 45.0 Å². The Labute approximate surface area is 162 Å². The Morgan fingerprint density at radius 1 is 1.08 bits per heavy atom. The predicted molar refractivity (Wildman–Crippen MR) is 103 cm³/mol. The summed E-state index contributed by atoms with van der Waals surface area (Å²) in [4.78, 5) is 4.54. The van der Waals surface area contributed by atoms with E-state index in [1.165, 1.54) is 18.0 Å². The van der Waals surface area contributed by atoms with Gasteiger partial charge in [-0.1, -0.05) is 35.7 Å². The highest BCUT2D eigenvalue weighted by Crippen LogP contribution is 2.28. The minimum absolute atomic E-state index is 0.253. The Morgan fingerprint density at radius 3 is 2.48 bits per heavy atom. The van der Waals surface area contributed by atoms with E-state index in [1.54, 1.807) is 28.6 Å². The van der Waals surface area contributed by atoms with Crippen molar-refractivity contribution in [1.82, 2.24) is 9.29 Å². The van der Waals surface area contributed by atoms with Gasteiger partial charge in [0, 0.05) is 35.1 Å². The van der Waals surface area contributed by atoms with E-state index in [4.69, 9.17) is 23.2 Å². The smallest absolute Gasteiger partial charge is 0.244 e. The molecular weight excluding hydrogens is 399 g/mol. The number of hydrogen-bond acceptors (Lipinski definition) is 4. The number of aromatic nitrogens is 1. The molecule has 8 heteroatoms. The van der Waals surface area contributed by atoms with Crippen LogP contribution in [0.3, 0.4) is 0 Å². The van der Waals surface area contributed by atoms with Crippen LogP contribution in [0.5, 0.6) is 0 Å². The van der Waals surface area contributed by atoms with Crippen LogP contribution in [-0.2, 0) is 15.8 Å². The van der Waals surface area contributed by atoms with E-state index < -0.39 is 10.0 Å². The first-order valence-corrected chi connectivity index (χ1v) is 11.2. The predicted octanol–water partition coefficient (Wildman–Crippen LogP) is 4.86. The number of sulfonamides is 1. The van der Waals surface area contributed by atoms with Gasteiger partial charge in [0.25, 0.3) is 0 Å². The zero-order valence-electron chi connectivity index (χ0n) is 13.5. The second-order valence-corrected chi connectivity index (χ2v) is 9.60. The van der Waals surface area contributed by atoms with Gasteiger partial charge in [-0.05, 0) is 42.7 Å². The molecule has 0 N–H and O–H groups in total. The second-order valence-electron chi connectivity index (χ2n) is 5.82. The van der Waals surface area contributed by atoms with Crippen LogP contribution in [0.1, 0.15) is 24.8 Å². The molecule has 1 saturated heterocycles. The Hall–Kier alpha value is -0.790. The second kappa shape index (κ2) is 8.27. The Balaban J connectivity index is 1.67. The van der Waals surface area contributed by atoms with Crippen LogP contribution in [0, 0.1) is 0 Å². The molecule has 3 rings (SSSR count). The molecule has 1 aromatic heterocycles. The Morgan fingerprint density at radius 2 is 1.84 bits per heavy atom. The fourth-order valence-electron chi connectivity index (χ4n) is 2.65. The number of nitrogens with zero attached hydrogens (tertiary/aromatic N) is 2. The summed E-state index contributed by atoms with van der Waals surface area (Å²) in [5, 5.41) is 1.97. The van der Waals surface area contributed by atoms with E-state index in [0.717, 1.165) is 29.9 Å². The monoisotopic (exact) mass is 416 g/mol. The van der Waals surface area contributed by atoms with Crippen molar-refractivity contribution in [3.05, 3.63) is 52.1 Å². The number of thioether (sulfide) groups is 1. The quantitative estimate of drug-likeness (QED) is 0.653. The Kier molecular flexibility index (Phi) is 6.28. The SMILES string of the molecule is O=S(=O)(c1ccc(SCc2ccc(Cl)cc2Cl)nc1)N1CCCCC1. The van der Waals surface area contributed by atoms with Gasteiger partial charge in [0.2, 0.25) is 10.0 Å². The highest BCUT2D eigenvalue weighted by molar-refractivity contribution is 7.98. The fraction of sp³-hybridized carbons (Fsp3) is 0.353. The number of pyridine rings is 1. The topological polar surface area (TPSA) is 50.3 Å². The van der Waals surface area contributed by atoms with Gasteiger partial charge in [-0.15, -0.1) is 11.8 Å². The van der Waals surface area contributed by atoms with Gasteiger partial charge >= 0.3 is 0 Å². The Bertz CT molecular complexity index is 836. The zero-order chi connectivity index (χ0) is 17.9. The van der Waals surface area contributed by atoms with E-state index in [-0.39, 0.29) is 4.90 Å². The lowest BCUT2D eigenvalue weighted by Crippen LogP contribution is -2.35. The molecule has 2 heterocycles. The van der Waals surface area contributed by atoms with Gasteiger partial charge in [0.15, 0.2) is 0 Å². The van der Waals surface area contributed by atoms with Gasteiger partial charge in [-0.25, -0.2) is 13.4 Å². The minimum atomic E-state index is -3.43. The third-order valence-corrected chi connectivity index (χ3v) is 7.51. The first kappa shape index (κ1) is 19.0. The van der Waals surface area contributed by atoms with Crippen molar-refractivity contribution in [2.45, 2.75) is 34.9 Å². The van der Waals surface area contributed by atoms with Gasteiger partial charge < -0.3 is 0 Å². The molecule has 4 nitrogen and oxygen atoms in total. The molecule has 0 amide bonds. The highest BCUT2D eigenvalue weighted by atomic mass is 35.5. The number of rotatable bonds is 5. The van der Waals surface area contributed by atoms with Crippen LogP contribution in [0.15, 0.2) is 46.5 Å². The van der Waals surface area contributed by atoms with E-state index in [1.807, 2.05) is 6.07 Å². The van der Waals surface area contributed by atoms with E-state index in [9.17, 15) is 8.42 Å². The maximum absolute atomic E-state index is 12.6. The van der Waals surface area contributed by atoms with Crippen LogP contribution >= 0.6 is 35.0 Å². The molecule has 0 bridgehead atoms. The lowest BCUT2D eigenvalue weighted by Gasteiger charge is -2.25. The van der Waals surface area contributed by atoms with E-state index >= 15 is 0 Å². The maximum atomic E-state index is 12.6. The van der Waals surface area contributed by atoms with Crippen molar-refractivity contribution in [3.63, 3.8) is 0 Å². The van der Waals surface area contributed by atoms with Crippen molar-refractivity contribution in [2.24, 2.45) is 0 Å². The first-order valence-electron chi connectivity index (χ1n) is 8.00. The van der Waals surface area contributed by atoms with Gasteiger partial charge in [0.05, 0.1) is 5.03 Å². The molecule has 0 aliphatic carbocycles. The molecule has 0 unspecified atom stereocenters. The maximum Gasteiger partial charge on any atom is 0.244 e. The van der Waals surface area contributed by atoms with Gasteiger partial charge in [-0.3, -0.25) is 0 Å². The minimum Gasteiger partial charge on any atom is -0.249 e. The van der Waals surface area contributed by atoms with Crippen molar-refractivity contribution in [2.75, 3.05) is 13.1 Å². The van der Waals surface area contributed by atoms with Crippen LogP contribution in [0.25, 0.3) is 0 Å². The molecule has 0 atom stereocenters. The first-order chi connectivity index (χ1) is 12.0. The van der Waals surface area contributed by atoms with Crippen LogP contribution in [0.4, 0.5) is 0 Å². The molecule has 1 aliphatic heterocycles. The zero-order valence-corrected chi connectivity index (χ0v) is 16.6. The van der Waals surface area contributed by atoms with Gasteiger partial charge in [0.1, 0.15) is 4.90 Å². The molecule has 134 valence electrons. The largest absolute Gasteiger partial charge is 0.249 e. The number of benzene rings is 1. The lowest BCUT2D eigenvalue weighted by atomic mass is 10.2. The fourth-order valence-corrected chi connectivity index (χ4v) is 5.51. The van der Waals surface area contributed by atoms with Gasteiger partial charge in [-0.2, -0.15) is 4.31 Å². The van der Waals surface area contributed by atoms with Crippen LogP contribution in [-0.4, -0.2) is 30.8 Å². The molecule has 1 aliphatic rings. The van der Waals surface area contributed by atoms with Crippen molar-refractivity contribution < 1.29 is 8.42 Å². The molecule has 0 saturated carbocycles. The average Bonchev–Trinajstić information content (AvgIpc) is 2.62. The molecule has 1 aromatic carbocycles. The summed E-state index contributed by atoms with van der Waals surface area (Å²) in [6.45, 7) is 1.18. The summed E-state index contributed by atoms with van der Waals surface area (Å²) in [6, 6.07) is 8.76. The summed E-state index contributed by atoms with van der Waals surface area (Å²) in [5.74, 6) is 0.640. The third kappa shape index (κ3) is 4.68. The van der Waals surface area contributed by atoms with E-state index in [0.29, 0.717) is 28.9 Å². The third-order valence-electron chi connectivity index (χ3n) is 4.05. The summed E-state index contributed by atoms with van der Waals surface area (Å²) < 4.78 is 26.8. The summed E-state index contributed by atoms with van der Waals surface area (Å²) in [7, 11) is -3.43. The standard InChI is InChI=1S/C17H18Cl2N2O2S2/c18-14-5-4-13(16(19)10-14)12-24-17-7-6-15(11-20-17)25(22,23)21-8-2-1-3-9-21/h4-7,10-11H,1-3,8-9,12H2. The lowest BCUT2D eigenvalue weighted by molar-refractivity contribution is 0.346. The summed E-state index contributed by atoms with van der Waals surface area (Å²) in [5.41, 5.74) is 0.961. The normalized spacial score (nSPS) is 16.1. The van der Waals surface area contributed by atoms with E-state index in [2.05, 4.69) is 4.98 Å². The van der Waals surface area contributed by atoms with Crippen LogP contribution in [0.2, 0.25) is 10.0 Å². The van der Waals surface area contributed by atoms with Crippen molar-refractivity contribution in [3.8, 4) is 0 Å². The highest BCUT2D eigenvalue weighted by Gasteiger charge is 2.26. The van der Waals surface area contributed by atoms with Crippen molar-refractivity contribution in [1.29, 1.82) is 0 Å². The number of halogens is 2. The summed E-state index contributed by atoms with van der Waals surface area (Å²) >= 11 is 13.6. The summed E-state index contributed by atoms with van der Waals surface area (Å²) in [6.07, 6.45) is 4.37.